The molecule has 0 saturated heterocycles. The Labute approximate surface area is 336 Å². The third-order valence-electron chi connectivity index (χ3n) is 16.0. The van der Waals surface area contributed by atoms with E-state index >= 15 is 0 Å². The zero-order valence-corrected chi connectivity index (χ0v) is 35.0. The van der Waals surface area contributed by atoms with Gasteiger partial charge in [0.2, 0.25) is 0 Å². The van der Waals surface area contributed by atoms with E-state index in [-0.39, 0.29) is 12.1 Å². The zero-order valence-electron chi connectivity index (χ0n) is 35.0. The van der Waals surface area contributed by atoms with Crippen LogP contribution in [0.4, 0.5) is 34.1 Å². The van der Waals surface area contributed by atoms with Gasteiger partial charge in [0, 0.05) is 34.1 Å². The van der Waals surface area contributed by atoms with Crippen molar-refractivity contribution in [1.82, 2.24) is 0 Å². The van der Waals surface area contributed by atoms with Crippen LogP contribution in [0.3, 0.4) is 0 Å². The number of anilines is 6. The lowest BCUT2D eigenvalue weighted by atomic mass is 9.33. The van der Waals surface area contributed by atoms with Crippen LogP contribution in [0.5, 0.6) is 0 Å². The second kappa shape index (κ2) is 12.1. The van der Waals surface area contributed by atoms with E-state index in [1.807, 2.05) is 0 Å². The maximum atomic E-state index is 2.75. The Morgan fingerprint density at radius 1 is 0.536 bits per heavy atom. The van der Waals surface area contributed by atoms with E-state index in [0.29, 0.717) is 29.1 Å². The van der Waals surface area contributed by atoms with Crippen LogP contribution in [0.2, 0.25) is 0 Å². The number of fused-ring (bicyclic) bond motifs is 5. The van der Waals surface area contributed by atoms with Crippen LogP contribution in [0.1, 0.15) is 145 Å². The van der Waals surface area contributed by atoms with Crippen molar-refractivity contribution in [2.75, 3.05) is 9.80 Å². The molecule has 1 spiro atoms. The highest BCUT2D eigenvalue weighted by atomic mass is 15.2. The smallest absolute Gasteiger partial charge is 0.252 e. The highest BCUT2D eigenvalue weighted by Gasteiger charge is 2.70. The first kappa shape index (κ1) is 35.0. The van der Waals surface area contributed by atoms with Gasteiger partial charge < -0.3 is 9.80 Å². The molecule has 284 valence electrons. The summed E-state index contributed by atoms with van der Waals surface area (Å²) in [6.07, 6.45) is 8.63. The molecule has 5 aromatic rings. The van der Waals surface area contributed by atoms with E-state index < -0.39 is 0 Å². The molecule has 5 aliphatic carbocycles. The Morgan fingerprint density at radius 3 is 1.57 bits per heavy atom. The minimum absolute atomic E-state index is 0.151. The Morgan fingerprint density at radius 2 is 1.05 bits per heavy atom. The summed E-state index contributed by atoms with van der Waals surface area (Å²) in [5, 5.41) is 0. The molecule has 5 atom stereocenters. The van der Waals surface area contributed by atoms with E-state index in [4.69, 9.17) is 0 Å². The molecule has 5 saturated carbocycles. The van der Waals surface area contributed by atoms with E-state index in [2.05, 4.69) is 162 Å². The summed E-state index contributed by atoms with van der Waals surface area (Å²) in [5.74, 6) is 4.61. The quantitative estimate of drug-likeness (QED) is 0.150. The molecule has 56 heavy (non-hydrogen) atoms. The van der Waals surface area contributed by atoms with Crippen LogP contribution in [0.15, 0.2) is 97.1 Å². The Balaban J connectivity index is 1.24. The van der Waals surface area contributed by atoms with Crippen molar-refractivity contribution in [3.05, 3.63) is 125 Å². The third kappa shape index (κ3) is 4.88. The first-order valence-electron chi connectivity index (χ1n) is 22.2. The van der Waals surface area contributed by atoms with Gasteiger partial charge in [0.05, 0.1) is 0 Å². The Bertz CT molecular complexity index is 2280. The zero-order chi connectivity index (χ0) is 38.4. The van der Waals surface area contributed by atoms with Gasteiger partial charge in [-0.25, -0.2) is 0 Å². The van der Waals surface area contributed by atoms with Crippen LogP contribution in [-0.2, 0) is 5.41 Å². The molecule has 4 bridgehead atoms. The normalized spacial score (nSPS) is 26.3. The summed E-state index contributed by atoms with van der Waals surface area (Å²) < 4.78 is 0. The lowest BCUT2D eigenvalue weighted by Crippen LogP contribution is -2.62. The van der Waals surface area contributed by atoms with E-state index in [1.54, 1.807) is 5.56 Å². The van der Waals surface area contributed by atoms with E-state index in [0.717, 1.165) is 17.8 Å². The summed E-state index contributed by atoms with van der Waals surface area (Å²) in [4.78, 5) is 5.42. The molecule has 2 aliphatic heterocycles. The fourth-order valence-electron chi connectivity index (χ4n) is 13.4. The number of rotatable bonds is 7. The maximum Gasteiger partial charge on any atom is 0.252 e. The number of nitrogens with zero attached hydrogens (tertiary/aromatic N) is 2. The van der Waals surface area contributed by atoms with Crippen molar-refractivity contribution in [1.29, 1.82) is 0 Å². The summed E-state index contributed by atoms with van der Waals surface area (Å²) in [6, 6.07) is 39.4. The van der Waals surface area contributed by atoms with Gasteiger partial charge in [-0.05, 0) is 184 Å². The molecule has 0 N–H and O–H groups in total. The predicted molar refractivity (Wildman–Crippen MR) is 239 cm³/mol. The minimum Gasteiger partial charge on any atom is -0.311 e. The monoisotopic (exact) mass is 734 g/mol. The predicted octanol–water partition coefficient (Wildman–Crippen LogP) is 12.7. The van der Waals surface area contributed by atoms with Crippen molar-refractivity contribution >= 4 is 57.2 Å². The molecule has 12 rings (SSSR count). The summed E-state index contributed by atoms with van der Waals surface area (Å²) in [6.45, 7) is 18.9. The Kier molecular flexibility index (Phi) is 7.58. The van der Waals surface area contributed by atoms with Crippen molar-refractivity contribution in [3.63, 3.8) is 0 Å². The van der Waals surface area contributed by atoms with Gasteiger partial charge in [0.15, 0.2) is 0 Å². The van der Waals surface area contributed by atoms with Gasteiger partial charge in [0.25, 0.3) is 6.71 Å². The lowest BCUT2D eigenvalue weighted by molar-refractivity contribution is -0.116. The molecule has 5 aromatic carbocycles. The van der Waals surface area contributed by atoms with E-state index in [1.165, 1.54) is 111 Å². The van der Waals surface area contributed by atoms with Crippen molar-refractivity contribution < 1.29 is 0 Å². The van der Waals surface area contributed by atoms with Crippen molar-refractivity contribution in [2.45, 2.75) is 123 Å². The number of hydrogen-bond donors (Lipinski definition) is 0. The third-order valence-corrected chi connectivity index (χ3v) is 16.0. The van der Waals surface area contributed by atoms with Gasteiger partial charge >= 0.3 is 0 Å². The summed E-state index contributed by atoms with van der Waals surface area (Å²) >= 11 is 0. The standard InChI is InChI=1S/C53H59BN2/c1-31(2)36-11-9-13-42(20-36)55-47-22-38(33(5)6)15-17-45(47)54-46-18-16-39(34(7)8)23-48(46)56(43-14-10-12-37(21-43)32(3)4)50-25-41(24-49(55)51(50)54)52-26-35-19-44-40(28-52)29-53(44,27-35)30-52/h9-18,20-25,31-35,40,44H,19,26-30H2,1-8H3. The number of benzene rings is 5. The average Bonchev–Trinajstić information content (AvgIpc) is 3.33. The molecule has 5 unspecified atom stereocenters. The molecule has 7 aliphatic rings. The van der Waals surface area contributed by atoms with Crippen molar-refractivity contribution in [2.24, 2.45) is 23.2 Å². The molecule has 2 heterocycles. The fourth-order valence-corrected chi connectivity index (χ4v) is 13.4. The lowest BCUT2D eigenvalue weighted by Gasteiger charge is -2.64. The van der Waals surface area contributed by atoms with Gasteiger partial charge in [-0.1, -0.05) is 104 Å². The topological polar surface area (TPSA) is 6.48 Å². The maximum absolute atomic E-state index is 2.75. The van der Waals surface area contributed by atoms with Crippen LogP contribution >= 0.6 is 0 Å². The molecule has 0 amide bonds. The van der Waals surface area contributed by atoms with Gasteiger partial charge in [0.1, 0.15) is 0 Å². The first-order valence-corrected chi connectivity index (χ1v) is 22.2. The average molecular weight is 735 g/mol. The largest absolute Gasteiger partial charge is 0.311 e. The molecule has 3 heteroatoms. The van der Waals surface area contributed by atoms with Crippen LogP contribution in [0.25, 0.3) is 0 Å². The molecular weight excluding hydrogens is 675 g/mol. The Hall–Kier alpha value is -4.24. The van der Waals surface area contributed by atoms with Gasteiger partial charge in [-0.2, -0.15) is 0 Å². The molecule has 5 fully saturated rings. The highest BCUT2D eigenvalue weighted by Crippen LogP contribution is 2.78. The molecule has 0 aromatic heterocycles. The van der Waals surface area contributed by atoms with Crippen molar-refractivity contribution in [3.8, 4) is 0 Å². The second-order valence-corrected chi connectivity index (χ2v) is 20.6. The molecule has 0 radical (unpaired) electrons. The van der Waals surface area contributed by atoms with Crippen LogP contribution in [0, 0.1) is 23.2 Å². The van der Waals surface area contributed by atoms with Crippen LogP contribution < -0.4 is 26.2 Å². The molecular formula is C53H59BN2. The van der Waals surface area contributed by atoms with Gasteiger partial charge in [-0.3, -0.25) is 0 Å². The fraction of sp³-hybridized carbons (Fsp3) is 0.434. The summed E-state index contributed by atoms with van der Waals surface area (Å²) in [5.41, 5.74) is 20.5. The van der Waals surface area contributed by atoms with Crippen LogP contribution in [-0.4, -0.2) is 6.71 Å². The molecule has 2 nitrogen and oxygen atoms in total. The summed E-state index contributed by atoms with van der Waals surface area (Å²) in [7, 11) is 0. The number of hydrogen-bond acceptors (Lipinski definition) is 2. The van der Waals surface area contributed by atoms with Gasteiger partial charge in [-0.15, -0.1) is 0 Å². The van der Waals surface area contributed by atoms with E-state index in [9.17, 15) is 0 Å². The minimum atomic E-state index is 0.151. The highest BCUT2D eigenvalue weighted by molar-refractivity contribution is 7.00. The first-order chi connectivity index (χ1) is 26.9. The SMILES string of the molecule is CC(C)c1cccc(N2c3cc(C(C)C)ccc3B3c4ccc(C(C)C)cc4N(c4cccc(C(C)C)c4)c4cc(C56CC7CC8C(C5)CC8(C7)C6)cc2c43)c1. The second-order valence-electron chi connectivity index (χ2n) is 20.6.